The molecule has 2 heterocycles. The number of sulfonamides is 1. The summed E-state index contributed by atoms with van der Waals surface area (Å²) in [6.07, 6.45) is 2.65. The van der Waals surface area contributed by atoms with Crippen molar-refractivity contribution in [3.05, 3.63) is 17.9 Å². The Morgan fingerprint density at radius 2 is 2.17 bits per heavy atom. The van der Waals surface area contributed by atoms with Crippen molar-refractivity contribution in [1.29, 1.82) is 0 Å². The van der Waals surface area contributed by atoms with Crippen molar-refractivity contribution >= 4 is 21.6 Å². The summed E-state index contributed by atoms with van der Waals surface area (Å²) in [6, 6.07) is 3.21. The molecule has 0 spiro atoms. The highest BCUT2D eigenvalue weighted by Crippen LogP contribution is 2.33. The van der Waals surface area contributed by atoms with E-state index in [9.17, 15) is 8.42 Å². The molecule has 1 aliphatic heterocycles. The summed E-state index contributed by atoms with van der Waals surface area (Å²) < 4.78 is 31.9. The molecule has 6 heteroatoms. The van der Waals surface area contributed by atoms with Gasteiger partial charge in [0.1, 0.15) is 5.76 Å². The van der Waals surface area contributed by atoms with Gasteiger partial charge in [-0.3, -0.25) is 0 Å². The van der Waals surface area contributed by atoms with Crippen molar-refractivity contribution < 1.29 is 12.8 Å². The summed E-state index contributed by atoms with van der Waals surface area (Å²) in [4.78, 5) is 0. The third-order valence-electron chi connectivity index (χ3n) is 3.48. The van der Waals surface area contributed by atoms with E-state index in [1.807, 2.05) is 13.8 Å². The molecular formula is C12H18ClNO3S. The first-order valence-corrected chi connectivity index (χ1v) is 8.16. The van der Waals surface area contributed by atoms with E-state index in [1.54, 1.807) is 10.4 Å². The first kappa shape index (κ1) is 13.9. The van der Waals surface area contributed by atoms with Crippen LogP contribution < -0.4 is 0 Å². The second kappa shape index (κ2) is 5.23. The third kappa shape index (κ3) is 2.31. The zero-order valence-corrected chi connectivity index (χ0v) is 12.2. The SMILES string of the molecule is CCC1CCC(C)N1S(=O)(=O)c1ccc(CCl)o1. The Kier molecular flexibility index (Phi) is 4.04. The lowest BCUT2D eigenvalue weighted by molar-refractivity contribution is 0.312. The minimum Gasteiger partial charge on any atom is -0.447 e. The van der Waals surface area contributed by atoms with Gasteiger partial charge < -0.3 is 4.42 Å². The van der Waals surface area contributed by atoms with Crippen LogP contribution in [0.5, 0.6) is 0 Å². The third-order valence-corrected chi connectivity index (χ3v) is 5.69. The topological polar surface area (TPSA) is 50.5 Å². The fraction of sp³-hybridized carbons (Fsp3) is 0.667. The Morgan fingerprint density at radius 1 is 1.44 bits per heavy atom. The predicted octanol–water partition coefficient (Wildman–Crippen LogP) is 2.97. The lowest BCUT2D eigenvalue weighted by atomic mass is 10.2. The van der Waals surface area contributed by atoms with Crippen LogP contribution in [0.2, 0.25) is 0 Å². The number of hydrogen-bond acceptors (Lipinski definition) is 3. The van der Waals surface area contributed by atoms with Gasteiger partial charge >= 0.3 is 0 Å². The Labute approximate surface area is 113 Å². The minimum atomic E-state index is -3.53. The zero-order chi connectivity index (χ0) is 13.3. The highest BCUT2D eigenvalue weighted by Gasteiger charge is 2.40. The highest BCUT2D eigenvalue weighted by atomic mass is 35.5. The standard InChI is InChI=1S/C12H18ClNO3S/c1-3-10-5-4-9(2)14(10)18(15,16)12-7-6-11(8-13)17-12/h6-7,9-10H,3-5,8H2,1-2H3. The van der Waals surface area contributed by atoms with Gasteiger partial charge in [-0.25, -0.2) is 8.42 Å². The molecule has 2 atom stereocenters. The Bertz CT molecular complexity index is 511. The molecule has 102 valence electrons. The molecule has 0 aliphatic carbocycles. The smallest absolute Gasteiger partial charge is 0.276 e. The number of rotatable bonds is 4. The first-order chi connectivity index (χ1) is 8.50. The average Bonchev–Trinajstić information content (AvgIpc) is 2.95. The van der Waals surface area contributed by atoms with Gasteiger partial charge in [0.05, 0.1) is 5.88 Å². The van der Waals surface area contributed by atoms with Gasteiger partial charge in [0.2, 0.25) is 5.09 Å². The van der Waals surface area contributed by atoms with Crippen molar-refractivity contribution in [2.24, 2.45) is 0 Å². The summed E-state index contributed by atoms with van der Waals surface area (Å²) in [6.45, 7) is 3.95. The summed E-state index contributed by atoms with van der Waals surface area (Å²) >= 11 is 5.63. The Morgan fingerprint density at radius 3 is 2.72 bits per heavy atom. The quantitative estimate of drug-likeness (QED) is 0.801. The summed E-state index contributed by atoms with van der Waals surface area (Å²) in [5.74, 6) is 0.664. The molecule has 1 fully saturated rings. The Hall–Kier alpha value is -0.520. The zero-order valence-electron chi connectivity index (χ0n) is 10.6. The summed E-state index contributed by atoms with van der Waals surface area (Å²) in [7, 11) is -3.53. The van der Waals surface area contributed by atoms with Crippen molar-refractivity contribution in [1.82, 2.24) is 4.31 Å². The fourth-order valence-electron chi connectivity index (χ4n) is 2.54. The van der Waals surface area contributed by atoms with Crippen LogP contribution in [0.1, 0.15) is 38.9 Å². The monoisotopic (exact) mass is 291 g/mol. The number of hydrogen-bond donors (Lipinski definition) is 0. The largest absolute Gasteiger partial charge is 0.447 e. The van der Waals surface area contributed by atoms with Gasteiger partial charge in [0.25, 0.3) is 10.0 Å². The molecular weight excluding hydrogens is 274 g/mol. The van der Waals surface area contributed by atoms with Crippen LogP contribution >= 0.6 is 11.6 Å². The molecule has 4 nitrogen and oxygen atoms in total. The van der Waals surface area contributed by atoms with Crippen LogP contribution in [-0.2, 0) is 15.9 Å². The number of nitrogens with zero attached hydrogens (tertiary/aromatic N) is 1. The number of furan rings is 1. The Balaban J connectivity index is 2.35. The first-order valence-electron chi connectivity index (χ1n) is 6.19. The average molecular weight is 292 g/mol. The molecule has 0 aromatic carbocycles. The van der Waals surface area contributed by atoms with E-state index in [1.165, 1.54) is 6.07 Å². The van der Waals surface area contributed by atoms with Crippen LogP contribution in [0, 0.1) is 0 Å². The number of alkyl halides is 1. The number of halogens is 1. The van der Waals surface area contributed by atoms with Crippen LogP contribution in [0.3, 0.4) is 0 Å². The van der Waals surface area contributed by atoms with Gasteiger partial charge in [-0.15, -0.1) is 11.6 Å². The van der Waals surface area contributed by atoms with E-state index in [0.717, 1.165) is 19.3 Å². The molecule has 1 aromatic heterocycles. The maximum absolute atomic E-state index is 12.5. The van der Waals surface area contributed by atoms with Gasteiger partial charge in [0, 0.05) is 12.1 Å². The second-order valence-electron chi connectivity index (χ2n) is 4.68. The van der Waals surface area contributed by atoms with E-state index in [-0.39, 0.29) is 23.1 Å². The molecule has 0 amide bonds. The molecule has 0 saturated carbocycles. The summed E-state index contributed by atoms with van der Waals surface area (Å²) in [5, 5.41) is 0.00495. The normalized spacial score (nSPS) is 25.7. The lowest BCUT2D eigenvalue weighted by Gasteiger charge is -2.25. The van der Waals surface area contributed by atoms with Crippen LogP contribution in [0.4, 0.5) is 0 Å². The van der Waals surface area contributed by atoms with Gasteiger partial charge in [0.15, 0.2) is 0 Å². The van der Waals surface area contributed by atoms with Crippen LogP contribution in [0.25, 0.3) is 0 Å². The second-order valence-corrected chi connectivity index (χ2v) is 6.72. The van der Waals surface area contributed by atoms with Crippen molar-refractivity contribution in [3.63, 3.8) is 0 Å². The molecule has 2 rings (SSSR count). The lowest BCUT2D eigenvalue weighted by Crippen LogP contribution is -2.39. The van der Waals surface area contributed by atoms with Crippen LogP contribution in [0.15, 0.2) is 21.6 Å². The molecule has 1 aliphatic rings. The maximum atomic E-state index is 12.5. The molecule has 0 N–H and O–H groups in total. The fourth-order valence-corrected chi connectivity index (χ4v) is 4.57. The highest BCUT2D eigenvalue weighted by molar-refractivity contribution is 7.89. The van der Waals surface area contributed by atoms with E-state index in [0.29, 0.717) is 5.76 Å². The molecule has 1 aromatic rings. The van der Waals surface area contributed by atoms with E-state index >= 15 is 0 Å². The van der Waals surface area contributed by atoms with Crippen molar-refractivity contribution in [3.8, 4) is 0 Å². The van der Waals surface area contributed by atoms with E-state index in [4.69, 9.17) is 16.0 Å². The van der Waals surface area contributed by atoms with Gasteiger partial charge in [-0.1, -0.05) is 6.92 Å². The molecule has 18 heavy (non-hydrogen) atoms. The molecule has 0 bridgehead atoms. The van der Waals surface area contributed by atoms with E-state index < -0.39 is 10.0 Å². The van der Waals surface area contributed by atoms with Crippen molar-refractivity contribution in [2.45, 2.75) is 56.2 Å². The van der Waals surface area contributed by atoms with E-state index in [2.05, 4.69) is 0 Å². The molecule has 1 saturated heterocycles. The van der Waals surface area contributed by atoms with Gasteiger partial charge in [-0.05, 0) is 38.3 Å². The maximum Gasteiger partial charge on any atom is 0.276 e. The predicted molar refractivity (Wildman–Crippen MR) is 70.1 cm³/mol. The van der Waals surface area contributed by atoms with Crippen LogP contribution in [-0.4, -0.2) is 24.8 Å². The minimum absolute atomic E-state index is 0.00495. The van der Waals surface area contributed by atoms with Gasteiger partial charge in [-0.2, -0.15) is 4.31 Å². The molecule has 0 radical (unpaired) electrons. The van der Waals surface area contributed by atoms with Crippen molar-refractivity contribution in [2.75, 3.05) is 0 Å². The summed E-state index contributed by atoms with van der Waals surface area (Å²) in [5.41, 5.74) is 0. The molecule has 2 unspecified atom stereocenters.